The highest BCUT2D eigenvalue weighted by atomic mass is 16.8. The van der Waals surface area contributed by atoms with Crippen LogP contribution in [0, 0.1) is 5.41 Å². The third-order valence-corrected chi connectivity index (χ3v) is 2.81. The lowest BCUT2D eigenvalue weighted by atomic mass is 9.96. The number of hydrogen-bond acceptors (Lipinski definition) is 5. The molecule has 0 bridgehead atoms. The molecule has 0 aliphatic carbocycles. The molecule has 0 N–H and O–H groups in total. The van der Waals surface area contributed by atoms with E-state index in [1.165, 1.54) is 7.11 Å². The number of cyclic esters (lactones) is 1. The van der Waals surface area contributed by atoms with Crippen LogP contribution >= 0.6 is 0 Å². The number of carbonyl (C=O) groups excluding carboxylic acids is 2. The van der Waals surface area contributed by atoms with E-state index in [2.05, 4.69) is 4.74 Å². The zero-order valence-electron chi connectivity index (χ0n) is 11.5. The van der Waals surface area contributed by atoms with Crippen molar-refractivity contribution in [3.63, 3.8) is 0 Å². The Kier molecular flexibility index (Phi) is 5.14. The Morgan fingerprint density at radius 3 is 2.50 bits per heavy atom. The largest absolute Gasteiger partial charge is 0.469 e. The minimum absolute atomic E-state index is 0.212. The van der Waals surface area contributed by atoms with Crippen molar-refractivity contribution in [3.05, 3.63) is 0 Å². The molecule has 0 aromatic rings. The Hall–Kier alpha value is -1.10. The van der Waals surface area contributed by atoms with Gasteiger partial charge in [0.15, 0.2) is 6.10 Å². The van der Waals surface area contributed by atoms with Gasteiger partial charge in [-0.3, -0.25) is 4.79 Å². The Balaban J connectivity index is 2.28. The smallest absolute Gasteiger partial charge is 0.337 e. The molecule has 104 valence electrons. The van der Waals surface area contributed by atoms with Crippen molar-refractivity contribution in [2.45, 2.75) is 58.8 Å². The van der Waals surface area contributed by atoms with Gasteiger partial charge < -0.3 is 14.2 Å². The summed E-state index contributed by atoms with van der Waals surface area (Å²) >= 11 is 0. The number of carbonyl (C=O) groups is 2. The highest BCUT2D eigenvalue weighted by Gasteiger charge is 2.41. The van der Waals surface area contributed by atoms with E-state index in [1.807, 2.05) is 20.8 Å². The molecule has 1 fully saturated rings. The molecule has 0 saturated carbocycles. The normalized spacial score (nSPS) is 23.9. The molecule has 0 unspecified atom stereocenters. The monoisotopic (exact) mass is 258 g/mol. The van der Waals surface area contributed by atoms with E-state index in [4.69, 9.17) is 9.47 Å². The van der Waals surface area contributed by atoms with E-state index in [-0.39, 0.29) is 17.4 Å². The summed E-state index contributed by atoms with van der Waals surface area (Å²) in [5.41, 5.74) is -0.212. The summed E-state index contributed by atoms with van der Waals surface area (Å²) in [6.45, 7) is 5.89. The van der Waals surface area contributed by atoms with Gasteiger partial charge in [0.2, 0.25) is 6.29 Å². The van der Waals surface area contributed by atoms with Gasteiger partial charge in [0.1, 0.15) is 0 Å². The first kappa shape index (κ1) is 15.0. The van der Waals surface area contributed by atoms with Crippen molar-refractivity contribution in [1.82, 2.24) is 0 Å². The predicted molar refractivity (Wildman–Crippen MR) is 64.7 cm³/mol. The van der Waals surface area contributed by atoms with Crippen molar-refractivity contribution in [1.29, 1.82) is 0 Å². The van der Waals surface area contributed by atoms with Crippen LogP contribution < -0.4 is 0 Å². The minimum atomic E-state index is -0.494. The lowest BCUT2D eigenvalue weighted by Gasteiger charge is -2.24. The Morgan fingerprint density at radius 1 is 1.33 bits per heavy atom. The van der Waals surface area contributed by atoms with Crippen molar-refractivity contribution in [2.24, 2.45) is 5.41 Å². The Morgan fingerprint density at radius 2 is 2.00 bits per heavy atom. The average Bonchev–Trinajstić information content (AvgIpc) is 2.66. The van der Waals surface area contributed by atoms with Crippen LogP contribution in [-0.4, -0.2) is 31.4 Å². The van der Waals surface area contributed by atoms with Crippen LogP contribution in [0.25, 0.3) is 0 Å². The molecule has 1 aliphatic heterocycles. The maximum Gasteiger partial charge on any atom is 0.337 e. The molecule has 2 atom stereocenters. The van der Waals surface area contributed by atoms with Gasteiger partial charge in [-0.25, -0.2) is 4.79 Å². The molecular formula is C13H22O5. The Bertz CT molecular complexity index is 305. The van der Waals surface area contributed by atoms with Gasteiger partial charge in [0, 0.05) is 11.8 Å². The molecule has 18 heavy (non-hydrogen) atoms. The van der Waals surface area contributed by atoms with Crippen LogP contribution in [0.2, 0.25) is 0 Å². The second-order valence-corrected chi connectivity index (χ2v) is 5.58. The van der Waals surface area contributed by atoms with Crippen LogP contribution in [0.3, 0.4) is 0 Å². The fourth-order valence-electron chi connectivity index (χ4n) is 1.68. The van der Waals surface area contributed by atoms with Crippen LogP contribution in [-0.2, 0) is 23.8 Å². The van der Waals surface area contributed by atoms with Crippen molar-refractivity contribution in [2.75, 3.05) is 7.11 Å². The van der Waals surface area contributed by atoms with Crippen LogP contribution in [0.5, 0.6) is 0 Å². The van der Waals surface area contributed by atoms with E-state index in [0.29, 0.717) is 19.3 Å². The molecule has 1 heterocycles. The lowest BCUT2D eigenvalue weighted by Crippen LogP contribution is -2.27. The first-order chi connectivity index (χ1) is 8.34. The first-order valence-corrected chi connectivity index (χ1v) is 6.27. The molecule has 0 radical (unpaired) electrons. The predicted octanol–water partition coefficient (Wildman–Crippen LogP) is 2.03. The molecule has 1 saturated heterocycles. The summed E-state index contributed by atoms with van der Waals surface area (Å²) in [7, 11) is 1.37. The van der Waals surface area contributed by atoms with Crippen LogP contribution in [0.15, 0.2) is 0 Å². The van der Waals surface area contributed by atoms with Crippen molar-refractivity contribution in [3.8, 4) is 0 Å². The maximum absolute atomic E-state index is 11.6. The van der Waals surface area contributed by atoms with Gasteiger partial charge in [0.25, 0.3) is 0 Å². The standard InChI is InChI=1S/C13H22O5/c1-13(2,3)12-17-9(11(15)18-12)7-5-6-8-10(14)16-4/h9,12H,5-8H2,1-4H3/t9-,12-/m0/s1. The highest BCUT2D eigenvalue weighted by Crippen LogP contribution is 2.31. The van der Waals surface area contributed by atoms with Gasteiger partial charge in [-0.05, 0) is 19.3 Å². The first-order valence-electron chi connectivity index (χ1n) is 6.27. The number of rotatable bonds is 5. The summed E-state index contributed by atoms with van der Waals surface area (Å²) in [6, 6.07) is 0. The molecular weight excluding hydrogens is 236 g/mol. The lowest BCUT2D eigenvalue weighted by molar-refractivity contribution is -0.154. The zero-order chi connectivity index (χ0) is 13.8. The molecule has 0 spiro atoms. The number of ether oxygens (including phenoxy) is 3. The van der Waals surface area contributed by atoms with Crippen molar-refractivity contribution < 1.29 is 23.8 Å². The molecule has 1 rings (SSSR count). The summed E-state index contributed by atoms with van der Waals surface area (Å²) in [5, 5.41) is 0. The van der Waals surface area contributed by atoms with E-state index >= 15 is 0 Å². The van der Waals surface area contributed by atoms with Crippen LogP contribution in [0.4, 0.5) is 0 Å². The topological polar surface area (TPSA) is 61.8 Å². The SMILES string of the molecule is COC(=O)CCCC[C@@H]1O[C@H](C(C)(C)C)OC1=O. The minimum Gasteiger partial charge on any atom is -0.469 e. The van der Waals surface area contributed by atoms with Gasteiger partial charge in [0.05, 0.1) is 7.11 Å². The van der Waals surface area contributed by atoms with Gasteiger partial charge in [-0.15, -0.1) is 0 Å². The number of methoxy groups -OCH3 is 1. The maximum atomic E-state index is 11.6. The second kappa shape index (κ2) is 6.18. The van der Waals surface area contributed by atoms with Gasteiger partial charge in [-0.2, -0.15) is 0 Å². The number of unbranched alkanes of at least 4 members (excludes halogenated alkanes) is 1. The summed E-state index contributed by atoms with van der Waals surface area (Å²) in [5.74, 6) is -0.523. The van der Waals surface area contributed by atoms with E-state index in [1.54, 1.807) is 0 Å². The highest BCUT2D eigenvalue weighted by molar-refractivity contribution is 5.76. The molecule has 5 heteroatoms. The molecule has 0 amide bonds. The van der Waals surface area contributed by atoms with E-state index in [0.717, 1.165) is 6.42 Å². The van der Waals surface area contributed by atoms with E-state index < -0.39 is 12.4 Å². The van der Waals surface area contributed by atoms with Gasteiger partial charge in [-0.1, -0.05) is 20.8 Å². The third-order valence-electron chi connectivity index (χ3n) is 2.81. The second-order valence-electron chi connectivity index (χ2n) is 5.58. The third kappa shape index (κ3) is 4.29. The summed E-state index contributed by atoms with van der Waals surface area (Å²) in [4.78, 5) is 22.5. The summed E-state index contributed by atoms with van der Waals surface area (Å²) in [6.07, 6.45) is 1.43. The number of hydrogen-bond donors (Lipinski definition) is 0. The average molecular weight is 258 g/mol. The molecule has 1 aliphatic rings. The fourth-order valence-corrected chi connectivity index (χ4v) is 1.68. The number of esters is 2. The molecule has 0 aromatic carbocycles. The van der Waals surface area contributed by atoms with E-state index in [9.17, 15) is 9.59 Å². The molecule has 0 aromatic heterocycles. The van der Waals surface area contributed by atoms with Crippen LogP contribution in [0.1, 0.15) is 46.5 Å². The zero-order valence-corrected chi connectivity index (χ0v) is 11.5. The molecule has 5 nitrogen and oxygen atoms in total. The van der Waals surface area contributed by atoms with Gasteiger partial charge >= 0.3 is 11.9 Å². The fraction of sp³-hybridized carbons (Fsp3) is 0.846. The Labute approximate surface area is 108 Å². The summed E-state index contributed by atoms with van der Waals surface area (Å²) < 4.78 is 15.3. The quantitative estimate of drug-likeness (QED) is 0.558. The van der Waals surface area contributed by atoms with Crippen molar-refractivity contribution >= 4 is 11.9 Å².